The lowest BCUT2D eigenvalue weighted by atomic mass is 9.95. The number of hydrogen-bond donors (Lipinski definition) is 2. The molecule has 1 aliphatic heterocycles. The zero-order valence-corrected chi connectivity index (χ0v) is 15.3. The molecule has 7 heteroatoms. The summed E-state index contributed by atoms with van der Waals surface area (Å²) in [6, 6.07) is 4.60. The average molecular weight is 349 g/mol. The SMILES string of the molecule is COc1ccc(O)c([C@@H](C)NC(=O)C2CCN(C(=O)N(C)C)CC2)c1. The van der Waals surface area contributed by atoms with Crippen molar-refractivity contribution in [2.24, 2.45) is 5.92 Å². The number of carbonyl (C=O) groups excluding carboxylic acids is 2. The zero-order chi connectivity index (χ0) is 18.6. The second-order valence-electron chi connectivity index (χ2n) is 6.59. The van der Waals surface area contributed by atoms with Gasteiger partial charge in [-0.25, -0.2) is 4.79 Å². The van der Waals surface area contributed by atoms with Crippen molar-refractivity contribution in [3.8, 4) is 11.5 Å². The molecule has 1 atom stereocenters. The summed E-state index contributed by atoms with van der Waals surface area (Å²) in [5.41, 5.74) is 0.618. The first-order valence-corrected chi connectivity index (χ1v) is 8.47. The Balaban J connectivity index is 1.93. The smallest absolute Gasteiger partial charge is 0.319 e. The fourth-order valence-corrected chi connectivity index (χ4v) is 3.03. The largest absolute Gasteiger partial charge is 0.508 e. The van der Waals surface area contributed by atoms with Crippen molar-refractivity contribution < 1.29 is 19.4 Å². The first-order valence-electron chi connectivity index (χ1n) is 8.47. The number of piperidine rings is 1. The Morgan fingerprint density at radius 3 is 2.52 bits per heavy atom. The van der Waals surface area contributed by atoms with Crippen LogP contribution in [0.1, 0.15) is 31.4 Å². The third kappa shape index (κ3) is 4.55. The number of phenols is 1. The normalized spacial score (nSPS) is 16.2. The van der Waals surface area contributed by atoms with Crippen LogP contribution >= 0.6 is 0 Å². The summed E-state index contributed by atoms with van der Waals surface area (Å²) in [7, 11) is 5.01. The molecule has 2 N–H and O–H groups in total. The number of nitrogens with one attached hydrogen (secondary N) is 1. The van der Waals surface area contributed by atoms with Gasteiger partial charge in [-0.15, -0.1) is 0 Å². The van der Waals surface area contributed by atoms with Gasteiger partial charge in [0, 0.05) is 38.7 Å². The molecule has 1 aromatic carbocycles. The molecule has 138 valence electrons. The van der Waals surface area contributed by atoms with Gasteiger partial charge in [-0.1, -0.05) is 0 Å². The number of hydrogen-bond acceptors (Lipinski definition) is 4. The molecule has 0 bridgehead atoms. The number of methoxy groups -OCH3 is 1. The molecule has 1 saturated heterocycles. The standard InChI is InChI=1S/C18H27N3O4/c1-12(15-11-14(25-4)5-6-16(15)22)19-17(23)13-7-9-21(10-8-13)18(24)20(2)3/h5-6,11-13,22H,7-10H2,1-4H3,(H,19,23)/t12-/m1/s1. The molecule has 3 amide bonds. The van der Waals surface area contributed by atoms with Crippen molar-refractivity contribution in [1.29, 1.82) is 0 Å². The lowest BCUT2D eigenvalue weighted by Crippen LogP contribution is -2.46. The van der Waals surface area contributed by atoms with Crippen LogP contribution in [0.2, 0.25) is 0 Å². The predicted molar refractivity (Wildman–Crippen MR) is 94.6 cm³/mol. The van der Waals surface area contributed by atoms with Crippen molar-refractivity contribution in [2.45, 2.75) is 25.8 Å². The van der Waals surface area contributed by atoms with E-state index in [0.29, 0.717) is 37.2 Å². The summed E-state index contributed by atoms with van der Waals surface area (Å²) in [5, 5.41) is 13.0. The monoisotopic (exact) mass is 349 g/mol. The van der Waals surface area contributed by atoms with E-state index in [0.717, 1.165) is 0 Å². The molecule has 0 aliphatic carbocycles. The number of ether oxygens (including phenoxy) is 1. The van der Waals surface area contributed by atoms with E-state index in [1.165, 1.54) is 0 Å². The number of likely N-dealkylation sites (tertiary alicyclic amines) is 1. The summed E-state index contributed by atoms with van der Waals surface area (Å²) < 4.78 is 5.17. The van der Waals surface area contributed by atoms with Crippen molar-refractivity contribution in [3.05, 3.63) is 23.8 Å². The first kappa shape index (κ1) is 18.9. The van der Waals surface area contributed by atoms with Gasteiger partial charge in [-0.2, -0.15) is 0 Å². The molecule has 7 nitrogen and oxygen atoms in total. The topological polar surface area (TPSA) is 82.1 Å². The Kier molecular flexibility index (Phi) is 6.12. The fourth-order valence-electron chi connectivity index (χ4n) is 3.03. The van der Waals surface area contributed by atoms with Crippen molar-refractivity contribution >= 4 is 11.9 Å². The number of aromatic hydroxyl groups is 1. The molecule has 0 radical (unpaired) electrons. The molecule has 0 aromatic heterocycles. The summed E-state index contributed by atoms with van der Waals surface area (Å²) in [4.78, 5) is 27.8. The molecule has 2 rings (SSSR count). The number of carbonyl (C=O) groups is 2. The molecule has 1 aliphatic rings. The van der Waals surface area contributed by atoms with Gasteiger partial charge in [0.05, 0.1) is 13.2 Å². The Morgan fingerprint density at radius 1 is 1.32 bits per heavy atom. The second kappa shape index (κ2) is 8.09. The van der Waals surface area contributed by atoms with Crippen molar-refractivity contribution in [2.75, 3.05) is 34.3 Å². The van der Waals surface area contributed by atoms with Gasteiger partial charge in [0.15, 0.2) is 0 Å². The van der Waals surface area contributed by atoms with Crippen LogP contribution in [0.25, 0.3) is 0 Å². The Morgan fingerprint density at radius 2 is 1.96 bits per heavy atom. The molecule has 0 unspecified atom stereocenters. The highest BCUT2D eigenvalue weighted by molar-refractivity contribution is 5.80. The Labute approximate surface area is 148 Å². The van der Waals surface area contributed by atoms with Gasteiger partial charge in [0.25, 0.3) is 0 Å². The fraction of sp³-hybridized carbons (Fsp3) is 0.556. The minimum atomic E-state index is -0.330. The summed E-state index contributed by atoms with van der Waals surface area (Å²) >= 11 is 0. The number of benzene rings is 1. The molecule has 25 heavy (non-hydrogen) atoms. The third-order valence-electron chi connectivity index (χ3n) is 4.58. The van der Waals surface area contributed by atoms with E-state index in [2.05, 4.69) is 5.32 Å². The van der Waals surface area contributed by atoms with Crippen LogP contribution < -0.4 is 10.1 Å². The van der Waals surface area contributed by atoms with Gasteiger partial charge in [-0.3, -0.25) is 4.79 Å². The number of rotatable bonds is 4. The van der Waals surface area contributed by atoms with Crippen LogP contribution in [0.15, 0.2) is 18.2 Å². The van der Waals surface area contributed by atoms with E-state index >= 15 is 0 Å². The van der Waals surface area contributed by atoms with Crippen molar-refractivity contribution in [1.82, 2.24) is 15.1 Å². The molecular weight excluding hydrogens is 322 g/mol. The first-order chi connectivity index (χ1) is 11.8. The number of urea groups is 1. The van der Waals surface area contributed by atoms with E-state index in [-0.39, 0.29) is 29.6 Å². The van der Waals surface area contributed by atoms with Crippen molar-refractivity contribution in [3.63, 3.8) is 0 Å². The summed E-state index contributed by atoms with van der Waals surface area (Å²) in [5.74, 6) is 0.581. The zero-order valence-electron chi connectivity index (χ0n) is 15.3. The van der Waals surface area contributed by atoms with Crippen LogP contribution in [-0.2, 0) is 4.79 Å². The lowest BCUT2D eigenvalue weighted by molar-refractivity contribution is -0.126. The average Bonchev–Trinajstić information content (AvgIpc) is 2.61. The second-order valence-corrected chi connectivity index (χ2v) is 6.59. The molecule has 1 fully saturated rings. The van der Waals surface area contributed by atoms with E-state index in [9.17, 15) is 14.7 Å². The van der Waals surface area contributed by atoms with Crippen LogP contribution in [-0.4, -0.2) is 61.1 Å². The highest BCUT2D eigenvalue weighted by atomic mass is 16.5. The Hall–Kier alpha value is -2.44. The number of amides is 3. The van der Waals surface area contributed by atoms with E-state index in [1.54, 1.807) is 49.2 Å². The molecule has 1 heterocycles. The summed E-state index contributed by atoms with van der Waals surface area (Å²) in [6.07, 6.45) is 1.28. The van der Waals surface area contributed by atoms with Crippen LogP contribution in [0.3, 0.4) is 0 Å². The van der Waals surface area contributed by atoms with Crippen LogP contribution in [0, 0.1) is 5.92 Å². The quantitative estimate of drug-likeness (QED) is 0.871. The number of nitrogens with zero attached hydrogens (tertiary/aromatic N) is 2. The van der Waals surface area contributed by atoms with E-state index in [1.807, 2.05) is 6.92 Å². The minimum Gasteiger partial charge on any atom is -0.508 e. The van der Waals surface area contributed by atoms with Gasteiger partial charge in [0.2, 0.25) is 5.91 Å². The maximum absolute atomic E-state index is 12.5. The highest BCUT2D eigenvalue weighted by Crippen LogP contribution is 2.29. The van der Waals surface area contributed by atoms with E-state index in [4.69, 9.17) is 4.74 Å². The van der Waals surface area contributed by atoms with Gasteiger partial charge in [-0.05, 0) is 38.0 Å². The Bertz CT molecular complexity index is 625. The highest BCUT2D eigenvalue weighted by Gasteiger charge is 2.29. The van der Waals surface area contributed by atoms with Gasteiger partial charge < -0.3 is 25.0 Å². The predicted octanol–water partition coefficient (Wildman–Crippen LogP) is 1.97. The molecular formula is C18H27N3O4. The number of phenolic OH excluding ortho intramolecular Hbond substituents is 1. The van der Waals surface area contributed by atoms with Crippen LogP contribution in [0.5, 0.6) is 11.5 Å². The molecule has 1 aromatic rings. The van der Waals surface area contributed by atoms with Gasteiger partial charge >= 0.3 is 6.03 Å². The summed E-state index contributed by atoms with van der Waals surface area (Å²) in [6.45, 7) is 2.98. The maximum atomic E-state index is 12.5. The van der Waals surface area contributed by atoms with Gasteiger partial charge in [0.1, 0.15) is 11.5 Å². The third-order valence-corrected chi connectivity index (χ3v) is 4.58. The molecule has 0 spiro atoms. The molecule has 0 saturated carbocycles. The van der Waals surface area contributed by atoms with E-state index < -0.39 is 0 Å². The minimum absolute atomic E-state index is 0.0199. The lowest BCUT2D eigenvalue weighted by Gasteiger charge is -2.33. The maximum Gasteiger partial charge on any atom is 0.319 e. The van der Waals surface area contributed by atoms with Crippen LogP contribution in [0.4, 0.5) is 4.79 Å².